The molecule has 0 bridgehead atoms. The van der Waals surface area contributed by atoms with Crippen molar-refractivity contribution in [3.63, 3.8) is 0 Å². The number of aliphatic carboxylic acids is 1. The van der Waals surface area contributed by atoms with E-state index in [1.807, 2.05) is 25.7 Å². The summed E-state index contributed by atoms with van der Waals surface area (Å²) in [6.07, 6.45) is 0.00784. The number of benzene rings is 2. The minimum Gasteiger partial charge on any atom is -0.491 e. The van der Waals surface area contributed by atoms with E-state index in [2.05, 4.69) is 0 Å². The highest BCUT2D eigenvalue weighted by Crippen LogP contribution is 2.32. The number of piperazine rings is 1. The predicted octanol–water partition coefficient (Wildman–Crippen LogP) is 3.49. The first-order chi connectivity index (χ1) is 15.1. The summed E-state index contributed by atoms with van der Waals surface area (Å²) in [4.78, 5) is 13.0. The fraction of sp³-hybridized carbons (Fsp3) is 0.409. The monoisotopic (exact) mass is 482 g/mol. The van der Waals surface area contributed by atoms with Gasteiger partial charge in [0.25, 0.3) is 0 Å². The number of sulfonamides is 1. The van der Waals surface area contributed by atoms with Crippen molar-refractivity contribution in [1.82, 2.24) is 4.31 Å². The zero-order chi connectivity index (χ0) is 23.5. The summed E-state index contributed by atoms with van der Waals surface area (Å²) in [5.41, 5.74) is 0.786. The second-order valence-corrected chi connectivity index (χ2v) is 10.1. The summed E-state index contributed by atoms with van der Waals surface area (Å²) in [6.45, 7) is 6.43. The molecule has 1 aliphatic rings. The topological polar surface area (TPSA) is 96.4 Å². The van der Waals surface area contributed by atoms with Gasteiger partial charge in [0.05, 0.1) is 16.0 Å². The number of hydrogen-bond donors (Lipinski definition) is 1. The molecule has 0 aliphatic carbocycles. The molecule has 0 aromatic heterocycles. The number of hydrogen-bond acceptors (Lipinski definition) is 6. The fourth-order valence-corrected chi connectivity index (χ4v) is 5.35. The molecule has 32 heavy (non-hydrogen) atoms. The molecule has 2 aromatic carbocycles. The molecule has 0 spiro atoms. The van der Waals surface area contributed by atoms with Gasteiger partial charge >= 0.3 is 5.97 Å². The van der Waals surface area contributed by atoms with Crippen LogP contribution in [0.15, 0.2) is 47.4 Å². The molecule has 1 atom stereocenters. The zero-order valence-corrected chi connectivity index (χ0v) is 19.8. The number of nitrogens with zero attached hydrogens (tertiary/aromatic N) is 2. The first-order valence-electron chi connectivity index (χ1n) is 10.3. The maximum absolute atomic E-state index is 13.2. The van der Waals surface area contributed by atoms with Crippen LogP contribution in [0.5, 0.6) is 11.5 Å². The standard InChI is InChI=1S/C22H27ClN2O6S/c1-15(2)31-18-5-7-19(8-6-18)32(28,29)25-11-10-24(13-16(25)3)17-4-9-20(23)21(12-17)30-14-22(26)27/h4-9,12,15-16H,10-11,13-14H2,1-3H3,(H,26,27). The Morgan fingerprint density at radius 1 is 1.19 bits per heavy atom. The van der Waals surface area contributed by atoms with Crippen LogP contribution in [0.3, 0.4) is 0 Å². The Balaban J connectivity index is 1.72. The Hall–Kier alpha value is -2.49. The van der Waals surface area contributed by atoms with E-state index in [-0.39, 0.29) is 22.8 Å². The van der Waals surface area contributed by atoms with Gasteiger partial charge in [0.1, 0.15) is 11.5 Å². The van der Waals surface area contributed by atoms with Gasteiger partial charge in [0.15, 0.2) is 6.61 Å². The molecule has 8 nitrogen and oxygen atoms in total. The van der Waals surface area contributed by atoms with Gasteiger partial charge in [-0.15, -0.1) is 0 Å². The van der Waals surface area contributed by atoms with Gasteiger partial charge in [-0.25, -0.2) is 13.2 Å². The lowest BCUT2D eigenvalue weighted by Crippen LogP contribution is -2.54. The summed E-state index contributed by atoms with van der Waals surface area (Å²) < 4.78 is 38.7. The van der Waals surface area contributed by atoms with Crippen LogP contribution in [-0.4, -0.2) is 62.2 Å². The average molecular weight is 483 g/mol. The second-order valence-electron chi connectivity index (χ2n) is 7.85. The molecule has 1 N–H and O–H groups in total. The minimum absolute atomic E-state index is 0.00784. The first-order valence-corrected chi connectivity index (χ1v) is 12.1. The number of rotatable bonds is 8. The Morgan fingerprint density at radius 3 is 2.47 bits per heavy atom. The van der Waals surface area contributed by atoms with Crippen LogP contribution in [0.4, 0.5) is 5.69 Å². The average Bonchev–Trinajstić information content (AvgIpc) is 2.72. The number of ether oxygens (including phenoxy) is 2. The Morgan fingerprint density at radius 2 is 1.88 bits per heavy atom. The van der Waals surface area contributed by atoms with E-state index in [1.54, 1.807) is 42.5 Å². The Kier molecular flexibility index (Phi) is 7.53. The molecular weight excluding hydrogens is 456 g/mol. The lowest BCUT2D eigenvalue weighted by Gasteiger charge is -2.40. The minimum atomic E-state index is -3.66. The molecule has 174 valence electrons. The van der Waals surface area contributed by atoms with Crippen molar-refractivity contribution in [1.29, 1.82) is 0 Å². The summed E-state index contributed by atoms with van der Waals surface area (Å²) in [7, 11) is -3.66. The van der Waals surface area contributed by atoms with Crippen molar-refractivity contribution in [3.05, 3.63) is 47.5 Å². The Bertz CT molecular complexity index is 1060. The van der Waals surface area contributed by atoms with Crippen LogP contribution in [0, 0.1) is 0 Å². The second kappa shape index (κ2) is 9.97. The van der Waals surface area contributed by atoms with E-state index in [4.69, 9.17) is 26.2 Å². The van der Waals surface area contributed by atoms with Gasteiger partial charge in [-0.3, -0.25) is 0 Å². The molecule has 2 aromatic rings. The summed E-state index contributed by atoms with van der Waals surface area (Å²) >= 11 is 6.10. The van der Waals surface area contributed by atoms with Crippen molar-refractivity contribution < 1.29 is 27.8 Å². The van der Waals surface area contributed by atoms with Gasteiger partial charge in [-0.2, -0.15) is 4.31 Å². The molecule has 1 aliphatic heterocycles. The van der Waals surface area contributed by atoms with E-state index < -0.39 is 22.6 Å². The Labute approximate surface area is 193 Å². The molecule has 10 heteroatoms. The van der Waals surface area contributed by atoms with Gasteiger partial charge in [-0.1, -0.05) is 11.6 Å². The molecule has 1 heterocycles. The third-order valence-corrected chi connectivity index (χ3v) is 7.34. The molecule has 1 unspecified atom stereocenters. The number of carbonyl (C=O) groups is 1. The highest BCUT2D eigenvalue weighted by Gasteiger charge is 2.34. The number of carboxylic acid groups (broad SMARTS) is 1. The number of anilines is 1. The third kappa shape index (κ3) is 5.65. The van der Waals surface area contributed by atoms with Gasteiger partial charge < -0.3 is 19.5 Å². The maximum atomic E-state index is 13.2. The molecule has 1 fully saturated rings. The van der Waals surface area contributed by atoms with Crippen molar-refractivity contribution >= 4 is 33.3 Å². The van der Waals surface area contributed by atoms with E-state index in [1.165, 1.54) is 4.31 Å². The highest BCUT2D eigenvalue weighted by molar-refractivity contribution is 7.89. The van der Waals surface area contributed by atoms with E-state index >= 15 is 0 Å². The largest absolute Gasteiger partial charge is 0.491 e. The molecular formula is C22H27ClN2O6S. The van der Waals surface area contributed by atoms with Crippen molar-refractivity contribution in [2.24, 2.45) is 0 Å². The number of halogens is 1. The lowest BCUT2D eigenvalue weighted by molar-refractivity contribution is -0.139. The van der Waals surface area contributed by atoms with E-state index in [9.17, 15) is 13.2 Å². The third-order valence-electron chi connectivity index (χ3n) is 5.00. The maximum Gasteiger partial charge on any atom is 0.341 e. The van der Waals surface area contributed by atoms with Crippen LogP contribution < -0.4 is 14.4 Å². The van der Waals surface area contributed by atoms with Gasteiger partial charge in [-0.05, 0) is 57.2 Å². The van der Waals surface area contributed by atoms with Crippen LogP contribution in [0.25, 0.3) is 0 Å². The van der Waals surface area contributed by atoms with Gasteiger partial charge in [0, 0.05) is 37.4 Å². The summed E-state index contributed by atoms with van der Waals surface area (Å²) in [5.74, 6) is -0.193. The van der Waals surface area contributed by atoms with Crippen molar-refractivity contribution in [3.8, 4) is 11.5 Å². The summed E-state index contributed by atoms with van der Waals surface area (Å²) in [5, 5.41) is 9.14. The molecule has 0 saturated carbocycles. The normalized spacial score (nSPS) is 17.4. The molecule has 0 radical (unpaired) electrons. The van der Waals surface area contributed by atoms with Crippen molar-refractivity contribution in [2.75, 3.05) is 31.1 Å². The van der Waals surface area contributed by atoms with Crippen LogP contribution in [0.2, 0.25) is 5.02 Å². The molecule has 0 amide bonds. The first kappa shape index (κ1) is 24.2. The highest BCUT2D eigenvalue weighted by atomic mass is 35.5. The number of carboxylic acids is 1. The van der Waals surface area contributed by atoms with E-state index in [0.717, 1.165) is 5.69 Å². The van der Waals surface area contributed by atoms with Crippen molar-refractivity contribution in [2.45, 2.75) is 37.8 Å². The SMILES string of the molecule is CC(C)Oc1ccc(S(=O)(=O)N2CCN(c3ccc(Cl)c(OCC(=O)O)c3)CC2C)cc1. The van der Waals surface area contributed by atoms with Gasteiger partial charge in [0.2, 0.25) is 10.0 Å². The predicted molar refractivity (Wildman–Crippen MR) is 122 cm³/mol. The van der Waals surface area contributed by atoms with Crippen LogP contribution in [0.1, 0.15) is 20.8 Å². The van der Waals surface area contributed by atoms with E-state index in [0.29, 0.717) is 30.4 Å². The lowest BCUT2D eigenvalue weighted by atomic mass is 10.2. The zero-order valence-electron chi connectivity index (χ0n) is 18.2. The fourth-order valence-electron chi connectivity index (χ4n) is 3.57. The molecule has 3 rings (SSSR count). The smallest absolute Gasteiger partial charge is 0.341 e. The summed E-state index contributed by atoms with van der Waals surface area (Å²) in [6, 6.07) is 11.3. The quantitative estimate of drug-likeness (QED) is 0.615. The molecule has 1 saturated heterocycles. The van der Waals surface area contributed by atoms with Crippen LogP contribution in [-0.2, 0) is 14.8 Å². The van der Waals surface area contributed by atoms with Crippen LogP contribution >= 0.6 is 11.6 Å².